The zero-order valence-electron chi connectivity index (χ0n) is 13.9. The molecular weight excluding hydrogens is 262 g/mol. The van der Waals surface area contributed by atoms with Crippen molar-refractivity contribution >= 4 is 5.96 Å². The van der Waals surface area contributed by atoms with Gasteiger partial charge in [-0.05, 0) is 25.2 Å². The Bertz CT molecular complexity index is 313. The Labute approximate surface area is 130 Å². The van der Waals surface area contributed by atoms with E-state index in [4.69, 9.17) is 4.74 Å². The van der Waals surface area contributed by atoms with E-state index in [-0.39, 0.29) is 0 Å². The lowest BCUT2D eigenvalue weighted by Gasteiger charge is -2.23. The normalized spacial score (nSPS) is 24.6. The molecule has 0 bridgehead atoms. The second kappa shape index (κ2) is 9.29. The molecule has 2 aliphatic rings. The Kier molecular flexibility index (Phi) is 7.34. The highest BCUT2D eigenvalue weighted by molar-refractivity contribution is 5.80. The Morgan fingerprint density at radius 3 is 2.71 bits per heavy atom. The van der Waals surface area contributed by atoms with Crippen molar-refractivity contribution in [2.75, 3.05) is 40.4 Å². The molecule has 1 N–H and O–H groups in total. The van der Waals surface area contributed by atoms with Crippen LogP contribution in [0.3, 0.4) is 0 Å². The van der Waals surface area contributed by atoms with Gasteiger partial charge in [-0.3, -0.25) is 4.99 Å². The summed E-state index contributed by atoms with van der Waals surface area (Å²) in [4.78, 5) is 6.82. The minimum Gasteiger partial charge on any atom is -0.384 e. The van der Waals surface area contributed by atoms with Crippen molar-refractivity contribution in [1.29, 1.82) is 0 Å². The second-order valence-electron chi connectivity index (χ2n) is 6.68. The number of nitrogens with one attached hydrogen (secondary N) is 1. The van der Waals surface area contributed by atoms with Gasteiger partial charge in [-0.2, -0.15) is 0 Å². The fourth-order valence-corrected chi connectivity index (χ4v) is 3.80. The summed E-state index contributed by atoms with van der Waals surface area (Å²) in [6.07, 6.45) is 11.2. The molecule has 4 heteroatoms. The van der Waals surface area contributed by atoms with E-state index in [1.807, 2.05) is 7.05 Å². The summed E-state index contributed by atoms with van der Waals surface area (Å²) in [6.45, 7) is 4.12. The first kappa shape index (κ1) is 16.6. The Balaban J connectivity index is 1.61. The third kappa shape index (κ3) is 5.50. The molecule has 1 unspecified atom stereocenters. The van der Waals surface area contributed by atoms with Gasteiger partial charge in [0.2, 0.25) is 0 Å². The zero-order chi connectivity index (χ0) is 14.9. The van der Waals surface area contributed by atoms with Crippen LogP contribution in [0.15, 0.2) is 4.99 Å². The molecule has 0 amide bonds. The number of hydrogen-bond acceptors (Lipinski definition) is 2. The van der Waals surface area contributed by atoms with E-state index in [9.17, 15) is 0 Å². The Hall–Kier alpha value is -0.770. The zero-order valence-corrected chi connectivity index (χ0v) is 13.9. The van der Waals surface area contributed by atoms with Crippen molar-refractivity contribution in [2.45, 2.75) is 51.4 Å². The third-order valence-electron chi connectivity index (χ3n) is 5.00. The van der Waals surface area contributed by atoms with Gasteiger partial charge in [0.25, 0.3) is 0 Å². The number of nitrogens with zero attached hydrogens (tertiary/aromatic N) is 2. The molecule has 0 aromatic heterocycles. The van der Waals surface area contributed by atoms with Crippen LogP contribution >= 0.6 is 0 Å². The first-order valence-electron chi connectivity index (χ1n) is 8.78. The van der Waals surface area contributed by atoms with Crippen LogP contribution in [0.5, 0.6) is 0 Å². The maximum absolute atomic E-state index is 5.27. The van der Waals surface area contributed by atoms with Gasteiger partial charge in [-0.25, -0.2) is 0 Å². The van der Waals surface area contributed by atoms with Gasteiger partial charge < -0.3 is 15.0 Å². The number of ether oxygens (including phenoxy) is 1. The van der Waals surface area contributed by atoms with Gasteiger partial charge in [0.15, 0.2) is 5.96 Å². The molecule has 122 valence electrons. The van der Waals surface area contributed by atoms with E-state index in [1.165, 1.54) is 51.4 Å². The summed E-state index contributed by atoms with van der Waals surface area (Å²) in [7, 11) is 3.69. The predicted octanol–water partition coefficient (Wildman–Crippen LogP) is 2.89. The molecule has 2 rings (SSSR count). The molecule has 1 atom stereocenters. The summed E-state index contributed by atoms with van der Waals surface area (Å²) in [5.41, 5.74) is 0. The van der Waals surface area contributed by atoms with Crippen molar-refractivity contribution in [3.05, 3.63) is 0 Å². The summed E-state index contributed by atoms with van der Waals surface area (Å²) in [5.74, 6) is 2.73. The lowest BCUT2D eigenvalue weighted by Crippen LogP contribution is -2.40. The largest absolute Gasteiger partial charge is 0.384 e. The molecule has 1 heterocycles. The molecule has 1 aliphatic carbocycles. The maximum Gasteiger partial charge on any atom is 0.193 e. The number of guanidine groups is 1. The van der Waals surface area contributed by atoms with Crippen molar-refractivity contribution in [1.82, 2.24) is 10.2 Å². The second-order valence-corrected chi connectivity index (χ2v) is 6.68. The van der Waals surface area contributed by atoms with Crippen molar-refractivity contribution in [3.8, 4) is 0 Å². The summed E-state index contributed by atoms with van der Waals surface area (Å²) < 4.78 is 5.27. The van der Waals surface area contributed by atoms with Crippen LogP contribution in [0, 0.1) is 11.8 Å². The molecule has 0 aromatic rings. The molecule has 1 aliphatic heterocycles. The van der Waals surface area contributed by atoms with E-state index >= 15 is 0 Å². The van der Waals surface area contributed by atoms with E-state index in [2.05, 4.69) is 15.2 Å². The lowest BCUT2D eigenvalue weighted by atomic mass is 9.86. The number of rotatable bonds is 6. The van der Waals surface area contributed by atoms with Crippen molar-refractivity contribution < 1.29 is 4.74 Å². The molecule has 21 heavy (non-hydrogen) atoms. The monoisotopic (exact) mass is 295 g/mol. The fraction of sp³-hybridized carbons (Fsp3) is 0.941. The van der Waals surface area contributed by atoms with Gasteiger partial charge in [0, 0.05) is 39.7 Å². The van der Waals surface area contributed by atoms with Crippen LogP contribution in [0.1, 0.15) is 51.4 Å². The topological polar surface area (TPSA) is 36.9 Å². The van der Waals surface area contributed by atoms with Crippen LogP contribution in [0.4, 0.5) is 0 Å². The Morgan fingerprint density at radius 2 is 2.00 bits per heavy atom. The maximum atomic E-state index is 5.27. The average molecular weight is 295 g/mol. The minimum absolute atomic E-state index is 0.663. The fourth-order valence-electron chi connectivity index (χ4n) is 3.80. The van der Waals surface area contributed by atoms with E-state index < -0.39 is 0 Å². The summed E-state index contributed by atoms with van der Waals surface area (Å²) in [6, 6.07) is 0. The first-order valence-corrected chi connectivity index (χ1v) is 8.78. The molecule has 4 nitrogen and oxygen atoms in total. The average Bonchev–Trinajstić information content (AvgIpc) is 2.97. The van der Waals surface area contributed by atoms with Gasteiger partial charge in [-0.15, -0.1) is 0 Å². The standard InChI is InChI=1S/C17H33N3O/c1-18-17(20-12-10-16(13-20)14-21-2)19-11-6-9-15-7-4-3-5-8-15/h15-16H,3-14H2,1-2H3,(H,18,19). The SMILES string of the molecule is CN=C(NCCCC1CCCCC1)N1CCC(COC)C1. The number of hydrogen-bond donors (Lipinski definition) is 1. The number of likely N-dealkylation sites (tertiary alicyclic amines) is 1. The highest BCUT2D eigenvalue weighted by Gasteiger charge is 2.24. The smallest absolute Gasteiger partial charge is 0.193 e. The van der Waals surface area contributed by atoms with Gasteiger partial charge in [0.1, 0.15) is 0 Å². The first-order chi connectivity index (χ1) is 10.3. The van der Waals surface area contributed by atoms with Crippen LogP contribution in [-0.2, 0) is 4.74 Å². The Morgan fingerprint density at radius 1 is 1.19 bits per heavy atom. The lowest BCUT2D eigenvalue weighted by molar-refractivity contribution is 0.157. The van der Waals surface area contributed by atoms with Crippen LogP contribution in [-0.4, -0.2) is 51.3 Å². The predicted molar refractivity (Wildman–Crippen MR) is 88.7 cm³/mol. The summed E-state index contributed by atoms with van der Waals surface area (Å²) >= 11 is 0. The van der Waals surface area contributed by atoms with Gasteiger partial charge in [-0.1, -0.05) is 32.1 Å². The van der Waals surface area contributed by atoms with E-state index in [0.29, 0.717) is 5.92 Å². The van der Waals surface area contributed by atoms with Gasteiger partial charge >= 0.3 is 0 Å². The summed E-state index contributed by atoms with van der Waals surface area (Å²) in [5, 5.41) is 3.55. The highest BCUT2D eigenvalue weighted by Crippen LogP contribution is 2.27. The third-order valence-corrected chi connectivity index (χ3v) is 5.00. The number of aliphatic imine (C=N–C) groups is 1. The van der Waals surface area contributed by atoms with Crippen LogP contribution in [0.2, 0.25) is 0 Å². The highest BCUT2D eigenvalue weighted by atomic mass is 16.5. The van der Waals surface area contributed by atoms with Crippen molar-refractivity contribution in [2.24, 2.45) is 16.8 Å². The molecular formula is C17H33N3O. The molecule has 0 spiro atoms. The quantitative estimate of drug-likeness (QED) is 0.465. The number of methoxy groups -OCH3 is 1. The van der Waals surface area contributed by atoms with Crippen LogP contribution in [0.25, 0.3) is 0 Å². The molecule has 0 radical (unpaired) electrons. The minimum atomic E-state index is 0.663. The molecule has 2 fully saturated rings. The molecule has 1 saturated carbocycles. The molecule has 0 aromatic carbocycles. The van der Waals surface area contributed by atoms with E-state index in [1.54, 1.807) is 7.11 Å². The van der Waals surface area contributed by atoms with Crippen LogP contribution < -0.4 is 5.32 Å². The van der Waals surface area contributed by atoms with Gasteiger partial charge in [0.05, 0.1) is 6.61 Å². The van der Waals surface area contributed by atoms with E-state index in [0.717, 1.165) is 38.1 Å². The molecule has 1 saturated heterocycles. The van der Waals surface area contributed by atoms with Crippen molar-refractivity contribution in [3.63, 3.8) is 0 Å².